The summed E-state index contributed by atoms with van der Waals surface area (Å²) in [6.45, 7) is 5.00. The van der Waals surface area contributed by atoms with Gasteiger partial charge in [-0.15, -0.1) is 0 Å². The molecule has 4 nitrogen and oxygen atoms in total. The molecule has 0 bridgehead atoms. The van der Waals surface area contributed by atoms with Crippen LogP contribution in [0.2, 0.25) is 0 Å². The number of benzene rings is 2. The summed E-state index contributed by atoms with van der Waals surface area (Å²) in [5.41, 5.74) is 5.78. The molecule has 0 unspecified atom stereocenters. The Balaban J connectivity index is 1.66. The van der Waals surface area contributed by atoms with Crippen LogP contribution in [0.1, 0.15) is 17.5 Å². The van der Waals surface area contributed by atoms with Gasteiger partial charge in [0, 0.05) is 43.4 Å². The number of aryl methyl sites for hydroxylation is 1. The SMILES string of the molecule is Cc1ccccc1-c1nn(-c2ccccc2)cc1CN1CC(CC#N)C1. The lowest BCUT2D eigenvalue weighted by Gasteiger charge is -2.38. The second-order valence-corrected chi connectivity index (χ2v) is 7.02. The van der Waals surface area contributed by atoms with E-state index in [4.69, 9.17) is 10.4 Å². The average Bonchev–Trinajstić information content (AvgIpc) is 3.05. The van der Waals surface area contributed by atoms with E-state index < -0.39 is 0 Å². The van der Waals surface area contributed by atoms with Crippen LogP contribution in [-0.4, -0.2) is 27.8 Å². The molecule has 0 atom stereocenters. The molecule has 1 aromatic heterocycles. The van der Waals surface area contributed by atoms with Crippen molar-refractivity contribution in [1.82, 2.24) is 14.7 Å². The largest absolute Gasteiger partial charge is 0.298 e. The summed E-state index contributed by atoms with van der Waals surface area (Å²) >= 11 is 0. The van der Waals surface area contributed by atoms with E-state index in [9.17, 15) is 0 Å². The van der Waals surface area contributed by atoms with Crippen molar-refractivity contribution in [2.45, 2.75) is 19.9 Å². The molecule has 0 spiro atoms. The zero-order chi connectivity index (χ0) is 17.9. The molecule has 1 aliphatic rings. The van der Waals surface area contributed by atoms with Crippen molar-refractivity contribution in [2.75, 3.05) is 13.1 Å². The van der Waals surface area contributed by atoms with Gasteiger partial charge in [0.15, 0.2) is 0 Å². The van der Waals surface area contributed by atoms with Gasteiger partial charge in [-0.1, -0.05) is 42.5 Å². The molecule has 4 heteroatoms. The van der Waals surface area contributed by atoms with Gasteiger partial charge in [0.2, 0.25) is 0 Å². The van der Waals surface area contributed by atoms with Crippen LogP contribution in [0, 0.1) is 24.2 Å². The number of aromatic nitrogens is 2. The summed E-state index contributed by atoms with van der Waals surface area (Å²) in [5.74, 6) is 0.520. The number of para-hydroxylation sites is 1. The van der Waals surface area contributed by atoms with Gasteiger partial charge < -0.3 is 0 Å². The Morgan fingerprint density at radius 3 is 2.54 bits per heavy atom. The maximum Gasteiger partial charge on any atom is 0.0975 e. The van der Waals surface area contributed by atoms with E-state index in [-0.39, 0.29) is 0 Å². The number of hydrogen-bond acceptors (Lipinski definition) is 3. The molecule has 0 amide bonds. The Hall–Kier alpha value is -2.90. The van der Waals surface area contributed by atoms with Crippen LogP contribution in [0.25, 0.3) is 16.9 Å². The third kappa shape index (κ3) is 3.26. The van der Waals surface area contributed by atoms with Crippen molar-refractivity contribution in [2.24, 2.45) is 5.92 Å². The zero-order valence-electron chi connectivity index (χ0n) is 15.0. The maximum absolute atomic E-state index is 8.85. The minimum Gasteiger partial charge on any atom is -0.298 e. The van der Waals surface area contributed by atoms with E-state index in [2.05, 4.69) is 60.5 Å². The van der Waals surface area contributed by atoms with E-state index in [1.807, 2.05) is 22.9 Å². The van der Waals surface area contributed by atoms with Crippen molar-refractivity contribution in [3.05, 3.63) is 71.9 Å². The molecule has 26 heavy (non-hydrogen) atoms. The summed E-state index contributed by atoms with van der Waals surface area (Å²) < 4.78 is 1.98. The molecular weight excluding hydrogens is 320 g/mol. The molecule has 130 valence electrons. The highest BCUT2D eigenvalue weighted by atomic mass is 15.3. The van der Waals surface area contributed by atoms with Crippen LogP contribution >= 0.6 is 0 Å². The number of likely N-dealkylation sites (tertiary alicyclic amines) is 1. The fraction of sp³-hybridized carbons (Fsp3) is 0.273. The predicted octanol–water partition coefficient (Wildman–Crippen LogP) is 4.19. The van der Waals surface area contributed by atoms with Crippen molar-refractivity contribution in [3.8, 4) is 23.0 Å². The summed E-state index contributed by atoms with van der Waals surface area (Å²) in [4.78, 5) is 2.40. The zero-order valence-corrected chi connectivity index (χ0v) is 15.0. The van der Waals surface area contributed by atoms with Gasteiger partial charge in [0.1, 0.15) is 0 Å². The second-order valence-electron chi connectivity index (χ2n) is 7.02. The van der Waals surface area contributed by atoms with Crippen molar-refractivity contribution < 1.29 is 0 Å². The molecule has 0 N–H and O–H groups in total. The van der Waals surface area contributed by atoms with Crippen LogP contribution in [0.5, 0.6) is 0 Å². The minimum atomic E-state index is 0.520. The molecule has 4 rings (SSSR count). The lowest BCUT2D eigenvalue weighted by Crippen LogP contribution is -2.45. The molecular formula is C22H22N4. The van der Waals surface area contributed by atoms with E-state index >= 15 is 0 Å². The Morgan fingerprint density at radius 2 is 1.81 bits per heavy atom. The summed E-state index contributed by atoms with van der Waals surface area (Å²) in [5, 5.41) is 13.8. The maximum atomic E-state index is 8.85. The summed E-state index contributed by atoms with van der Waals surface area (Å²) in [6.07, 6.45) is 2.80. The lowest BCUT2D eigenvalue weighted by molar-refractivity contribution is 0.0956. The lowest BCUT2D eigenvalue weighted by atomic mass is 9.95. The number of nitriles is 1. The van der Waals surface area contributed by atoms with Crippen LogP contribution in [-0.2, 0) is 6.54 Å². The number of rotatable bonds is 5. The first-order valence-electron chi connectivity index (χ1n) is 9.04. The van der Waals surface area contributed by atoms with E-state index in [0.717, 1.165) is 31.0 Å². The third-order valence-corrected chi connectivity index (χ3v) is 5.02. The van der Waals surface area contributed by atoms with Gasteiger partial charge in [-0.3, -0.25) is 4.90 Å². The first kappa shape index (κ1) is 16.6. The molecule has 0 aliphatic carbocycles. The minimum absolute atomic E-state index is 0.520. The normalized spacial score (nSPS) is 14.8. The molecule has 0 radical (unpaired) electrons. The number of hydrogen-bond donors (Lipinski definition) is 0. The molecule has 1 saturated heterocycles. The van der Waals surface area contributed by atoms with E-state index in [0.29, 0.717) is 12.3 Å². The fourth-order valence-electron chi connectivity index (χ4n) is 3.61. The Bertz CT molecular complexity index is 930. The van der Waals surface area contributed by atoms with Crippen LogP contribution in [0.3, 0.4) is 0 Å². The third-order valence-electron chi connectivity index (χ3n) is 5.02. The van der Waals surface area contributed by atoms with Crippen molar-refractivity contribution in [3.63, 3.8) is 0 Å². The molecule has 1 fully saturated rings. The van der Waals surface area contributed by atoms with Gasteiger partial charge in [-0.25, -0.2) is 4.68 Å². The topological polar surface area (TPSA) is 44.9 Å². The summed E-state index contributed by atoms with van der Waals surface area (Å²) in [7, 11) is 0. The Morgan fingerprint density at radius 1 is 1.08 bits per heavy atom. The molecule has 2 aromatic carbocycles. The predicted molar refractivity (Wildman–Crippen MR) is 103 cm³/mol. The van der Waals surface area contributed by atoms with Gasteiger partial charge in [0.25, 0.3) is 0 Å². The van der Waals surface area contributed by atoms with E-state index in [1.54, 1.807) is 0 Å². The standard InChI is InChI=1S/C22H22N4/c1-17-7-5-6-10-21(17)22-19(15-25-13-18(14-25)11-12-23)16-26(24-22)20-8-3-2-4-9-20/h2-10,16,18H,11,13-15H2,1H3. The fourth-order valence-corrected chi connectivity index (χ4v) is 3.61. The monoisotopic (exact) mass is 342 g/mol. The average molecular weight is 342 g/mol. The molecule has 0 saturated carbocycles. The molecule has 2 heterocycles. The van der Waals surface area contributed by atoms with Gasteiger partial charge in [-0.05, 0) is 30.5 Å². The van der Waals surface area contributed by atoms with Gasteiger partial charge >= 0.3 is 0 Å². The quantitative estimate of drug-likeness (QED) is 0.698. The second kappa shape index (κ2) is 7.15. The van der Waals surface area contributed by atoms with Crippen molar-refractivity contribution >= 4 is 0 Å². The Kier molecular flexibility index (Phi) is 4.55. The smallest absolute Gasteiger partial charge is 0.0975 e. The van der Waals surface area contributed by atoms with Crippen LogP contribution < -0.4 is 0 Å². The van der Waals surface area contributed by atoms with Crippen LogP contribution in [0.4, 0.5) is 0 Å². The van der Waals surface area contributed by atoms with Gasteiger partial charge in [0.05, 0.1) is 17.5 Å². The van der Waals surface area contributed by atoms with Crippen molar-refractivity contribution in [1.29, 1.82) is 5.26 Å². The molecule has 3 aromatic rings. The molecule has 1 aliphatic heterocycles. The summed E-state index contributed by atoms with van der Waals surface area (Å²) in [6, 6.07) is 20.9. The van der Waals surface area contributed by atoms with Crippen LogP contribution in [0.15, 0.2) is 60.8 Å². The van der Waals surface area contributed by atoms with Gasteiger partial charge in [-0.2, -0.15) is 10.4 Å². The first-order chi connectivity index (χ1) is 12.7. The first-order valence-corrected chi connectivity index (χ1v) is 9.04. The van der Waals surface area contributed by atoms with E-state index in [1.165, 1.54) is 16.7 Å². The highest BCUT2D eigenvalue weighted by molar-refractivity contribution is 5.66. The highest BCUT2D eigenvalue weighted by Crippen LogP contribution is 2.29. The highest BCUT2D eigenvalue weighted by Gasteiger charge is 2.27. The number of nitrogens with zero attached hydrogens (tertiary/aromatic N) is 4. The Labute approximate surface area is 154 Å².